The molecule has 0 aliphatic rings. The third-order valence-corrected chi connectivity index (χ3v) is 4.04. The van der Waals surface area contributed by atoms with Crippen LogP contribution in [0.15, 0.2) is 20.4 Å². The summed E-state index contributed by atoms with van der Waals surface area (Å²) in [5.74, 6) is 0.212. The summed E-state index contributed by atoms with van der Waals surface area (Å²) < 4.78 is 5.79. The predicted molar refractivity (Wildman–Crippen MR) is 65.9 cm³/mol. The van der Waals surface area contributed by atoms with Crippen molar-refractivity contribution in [2.24, 2.45) is 0 Å². The van der Waals surface area contributed by atoms with Crippen molar-refractivity contribution in [2.45, 2.75) is 13.8 Å². The number of carbonyl (C=O) groups excluding carboxylic acids is 1. The Kier molecular flexibility index (Phi) is 3.11. The predicted octanol–water partition coefficient (Wildman–Crippen LogP) is 3.37. The Bertz CT molecular complexity index is 533. The van der Waals surface area contributed by atoms with Gasteiger partial charge in [0.1, 0.15) is 4.88 Å². The summed E-state index contributed by atoms with van der Waals surface area (Å²) in [4.78, 5) is 12.5. The van der Waals surface area contributed by atoms with E-state index >= 15 is 0 Å². The van der Waals surface area contributed by atoms with Crippen LogP contribution in [-0.4, -0.2) is 11.1 Å². The van der Waals surface area contributed by atoms with Crippen LogP contribution in [0.25, 0.3) is 0 Å². The van der Waals surface area contributed by atoms with Gasteiger partial charge in [-0.25, -0.2) is 0 Å². The highest BCUT2D eigenvalue weighted by atomic mass is 79.9. The van der Waals surface area contributed by atoms with Gasteiger partial charge in [0.25, 0.3) is 5.91 Å². The average molecular weight is 301 g/mol. The van der Waals surface area contributed by atoms with Gasteiger partial charge in [-0.2, -0.15) is 0 Å². The molecule has 84 valence electrons. The van der Waals surface area contributed by atoms with E-state index in [1.807, 2.05) is 25.3 Å². The molecule has 2 rings (SSSR count). The van der Waals surface area contributed by atoms with Crippen molar-refractivity contribution in [3.05, 3.63) is 32.1 Å². The number of aryl methyl sites for hydroxylation is 1. The summed E-state index contributed by atoms with van der Waals surface area (Å²) in [6.07, 6.45) is 0. The van der Waals surface area contributed by atoms with Crippen molar-refractivity contribution in [1.29, 1.82) is 0 Å². The maximum absolute atomic E-state index is 11.8. The lowest BCUT2D eigenvalue weighted by Crippen LogP contribution is -2.10. The van der Waals surface area contributed by atoms with Gasteiger partial charge in [0.15, 0.2) is 0 Å². The first kappa shape index (κ1) is 11.3. The lowest BCUT2D eigenvalue weighted by Gasteiger charge is -2.00. The molecule has 0 aliphatic heterocycles. The van der Waals surface area contributed by atoms with Gasteiger partial charge in [0.05, 0.1) is 5.69 Å². The fourth-order valence-electron chi connectivity index (χ4n) is 1.15. The van der Waals surface area contributed by atoms with E-state index in [9.17, 15) is 4.79 Å². The normalized spacial score (nSPS) is 10.4. The molecule has 1 N–H and O–H groups in total. The maximum atomic E-state index is 11.8. The minimum Gasteiger partial charge on any atom is -0.338 e. The van der Waals surface area contributed by atoms with Crippen LogP contribution in [0.1, 0.15) is 20.9 Å². The van der Waals surface area contributed by atoms with Gasteiger partial charge < -0.3 is 4.52 Å². The Morgan fingerprint density at radius 3 is 2.81 bits per heavy atom. The molecule has 0 radical (unpaired) electrons. The van der Waals surface area contributed by atoms with E-state index in [0.717, 1.165) is 15.7 Å². The lowest BCUT2D eigenvalue weighted by molar-refractivity contribution is 0.102. The van der Waals surface area contributed by atoms with Crippen LogP contribution in [0.3, 0.4) is 0 Å². The minimum absolute atomic E-state index is 0.193. The molecule has 0 atom stereocenters. The van der Waals surface area contributed by atoms with Crippen LogP contribution in [0.4, 0.5) is 5.88 Å². The average Bonchev–Trinajstić information content (AvgIpc) is 2.79. The Morgan fingerprint density at radius 2 is 2.31 bits per heavy atom. The molecule has 0 saturated heterocycles. The zero-order valence-electron chi connectivity index (χ0n) is 8.70. The van der Waals surface area contributed by atoms with E-state index in [1.54, 1.807) is 0 Å². The molecule has 0 spiro atoms. The van der Waals surface area contributed by atoms with E-state index < -0.39 is 0 Å². The van der Waals surface area contributed by atoms with E-state index in [-0.39, 0.29) is 5.91 Å². The fraction of sp³-hybridized carbons (Fsp3) is 0.200. The molecular weight excluding hydrogens is 292 g/mol. The van der Waals surface area contributed by atoms with Crippen LogP contribution >= 0.6 is 27.3 Å². The number of nitrogens with one attached hydrogen (secondary N) is 1. The molecule has 2 aromatic heterocycles. The Balaban J connectivity index is 2.20. The van der Waals surface area contributed by atoms with Crippen LogP contribution in [0, 0.1) is 13.8 Å². The summed E-state index contributed by atoms with van der Waals surface area (Å²) in [5.41, 5.74) is 1.63. The minimum atomic E-state index is -0.193. The SMILES string of the molecule is Cc1noc(NC(=O)c2sccc2Br)c1C. The highest BCUT2D eigenvalue weighted by Crippen LogP contribution is 2.25. The smallest absolute Gasteiger partial charge is 0.269 e. The van der Waals surface area contributed by atoms with E-state index in [1.165, 1.54) is 11.3 Å². The lowest BCUT2D eigenvalue weighted by atomic mass is 10.3. The van der Waals surface area contributed by atoms with Crippen LogP contribution in [-0.2, 0) is 0 Å². The van der Waals surface area contributed by atoms with Gasteiger partial charge in [-0.3, -0.25) is 10.1 Å². The molecule has 0 aromatic carbocycles. The fourth-order valence-corrected chi connectivity index (χ4v) is 2.59. The summed E-state index contributed by atoms with van der Waals surface area (Å²) in [7, 11) is 0. The van der Waals surface area contributed by atoms with E-state index in [0.29, 0.717) is 10.8 Å². The maximum Gasteiger partial charge on any atom is 0.269 e. The standard InChI is InChI=1S/C10H9BrN2O2S/c1-5-6(2)13-15-10(5)12-9(14)8-7(11)3-4-16-8/h3-4H,1-2H3,(H,12,14). The molecule has 2 aromatic rings. The van der Waals surface area contributed by atoms with Crippen LogP contribution in [0.2, 0.25) is 0 Å². The van der Waals surface area contributed by atoms with Gasteiger partial charge >= 0.3 is 0 Å². The van der Waals surface area contributed by atoms with Crippen molar-refractivity contribution in [2.75, 3.05) is 5.32 Å². The molecule has 0 bridgehead atoms. The van der Waals surface area contributed by atoms with Crippen LogP contribution in [0.5, 0.6) is 0 Å². The van der Waals surface area contributed by atoms with Gasteiger partial charge in [0, 0.05) is 10.0 Å². The van der Waals surface area contributed by atoms with Crippen molar-refractivity contribution in [3.63, 3.8) is 0 Å². The molecule has 0 aliphatic carbocycles. The molecule has 1 amide bonds. The number of hydrogen-bond donors (Lipinski definition) is 1. The second-order valence-electron chi connectivity index (χ2n) is 3.27. The third-order valence-electron chi connectivity index (χ3n) is 2.21. The third kappa shape index (κ3) is 2.03. The van der Waals surface area contributed by atoms with Gasteiger partial charge in [-0.05, 0) is 41.2 Å². The number of nitrogens with zero attached hydrogens (tertiary/aromatic N) is 1. The zero-order valence-corrected chi connectivity index (χ0v) is 11.1. The van der Waals surface area contributed by atoms with Crippen molar-refractivity contribution >= 4 is 39.1 Å². The molecule has 2 heterocycles. The Morgan fingerprint density at radius 1 is 1.56 bits per heavy atom. The first-order chi connectivity index (χ1) is 7.59. The van der Waals surface area contributed by atoms with Crippen molar-refractivity contribution < 1.29 is 9.32 Å². The molecular formula is C10H9BrN2O2S. The van der Waals surface area contributed by atoms with Crippen LogP contribution < -0.4 is 5.32 Å². The van der Waals surface area contributed by atoms with E-state index in [2.05, 4.69) is 26.4 Å². The summed E-state index contributed by atoms with van der Waals surface area (Å²) in [6, 6.07) is 1.83. The second-order valence-corrected chi connectivity index (χ2v) is 5.04. The van der Waals surface area contributed by atoms with Gasteiger partial charge in [-0.15, -0.1) is 11.3 Å². The van der Waals surface area contributed by atoms with E-state index in [4.69, 9.17) is 4.52 Å². The monoisotopic (exact) mass is 300 g/mol. The molecule has 16 heavy (non-hydrogen) atoms. The first-order valence-corrected chi connectivity index (χ1v) is 6.24. The summed E-state index contributed by atoms with van der Waals surface area (Å²) >= 11 is 4.68. The second kappa shape index (κ2) is 4.39. The van der Waals surface area contributed by atoms with Crippen molar-refractivity contribution in [3.8, 4) is 0 Å². The zero-order chi connectivity index (χ0) is 11.7. The number of hydrogen-bond acceptors (Lipinski definition) is 4. The molecule has 0 fully saturated rings. The number of aromatic nitrogens is 1. The largest absolute Gasteiger partial charge is 0.338 e. The van der Waals surface area contributed by atoms with Gasteiger partial charge in [0.2, 0.25) is 5.88 Å². The number of halogens is 1. The molecule has 0 unspecified atom stereocenters. The topological polar surface area (TPSA) is 55.1 Å². The highest BCUT2D eigenvalue weighted by Gasteiger charge is 2.16. The number of rotatable bonds is 2. The Labute approximate surface area is 105 Å². The number of carbonyl (C=O) groups is 1. The quantitative estimate of drug-likeness (QED) is 0.925. The molecule has 6 heteroatoms. The summed E-state index contributed by atoms with van der Waals surface area (Å²) in [5, 5.41) is 8.31. The number of thiophene rings is 1. The number of anilines is 1. The highest BCUT2D eigenvalue weighted by molar-refractivity contribution is 9.10. The van der Waals surface area contributed by atoms with Crippen molar-refractivity contribution in [1.82, 2.24) is 5.16 Å². The summed E-state index contributed by atoms with van der Waals surface area (Å²) in [6.45, 7) is 3.68. The molecule has 4 nitrogen and oxygen atoms in total. The number of amides is 1. The Hall–Kier alpha value is -1.14. The first-order valence-electron chi connectivity index (χ1n) is 4.57. The molecule has 0 saturated carbocycles. The van der Waals surface area contributed by atoms with Gasteiger partial charge in [-0.1, -0.05) is 5.16 Å².